The van der Waals surface area contributed by atoms with E-state index in [9.17, 15) is 14.4 Å². The minimum absolute atomic E-state index is 0.0674. The number of methoxy groups -OCH3 is 2. The molecule has 0 N–H and O–H groups in total. The van der Waals surface area contributed by atoms with Gasteiger partial charge in [0.15, 0.2) is 5.78 Å². The maximum atomic E-state index is 12.0. The van der Waals surface area contributed by atoms with Gasteiger partial charge in [-0.15, -0.1) is 0 Å². The molecule has 8 heteroatoms. The largest absolute Gasteiger partial charge is 0.497 e. The Balaban J connectivity index is 2.74. The number of hydrogen-bond donors (Lipinski definition) is 0. The average molecular weight is 380 g/mol. The Morgan fingerprint density at radius 2 is 1.41 bits per heavy atom. The van der Waals surface area contributed by atoms with Crippen LogP contribution in [0.25, 0.3) is 0 Å². The Morgan fingerprint density at radius 1 is 0.889 bits per heavy atom. The molecule has 1 aromatic carbocycles. The molecule has 0 saturated carbocycles. The number of hydrogen-bond acceptors (Lipinski definition) is 8. The Kier molecular flexibility index (Phi) is 9.60. The van der Waals surface area contributed by atoms with Crippen LogP contribution in [0.1, 0.15) is 19.4 Å². The quantitative estimate of drug-likeness (QED) is 0.248. The second-order valence-electron chi connectivity index (χ2n) is 5.18. The first-order valence-electron chi connectivity index (χ1n) is 8.33. The zero-order valence-corrected chi connectivity index (χ0v) is 15.9. The third kappa shape index (κ3) is 7.49. The van der Waals surface area contributed by atoms with Crippen LogP contribution in [0.15, 0.2) is 29.8 Å². The lowest BCUT2D eigenvalue weighted by molar-refractivity contribution is -0.147. The van der Waals surface area contributed by atoms with Gasteiger partial charge in [0.2, 0.25) is 0 Å². The van der Waals surface area contributed by atoms with Crippen molar-refractivity contribution in [1.82, 2.24) is 0 Å². The van der Waals surface area contributed by atoms with Crippen molar-refractivity contribution in [2.45, 2.75) is 20.5 Å². The van der Waals surface area contributed by atoms with Gasteiger partial charge < -0.3 is 23.7 Å². The fourth-order valence-electron chi connectivity index (χ4n) is 2.04. The molecule has 0 radical (unpaired) electrons. The van der Waals surface area contributed by atoms with E-state index in [2.05, 4.69) is 0 Å². The van der Waals surface area contributed by atoms with Gasteiger partial charge in [0.25, 0.3) is 0 Å². The first-order chi connectivity index (χ1) is 12.9. The maximum absolute atomic E-state index is 12.0. The molecule has 0 aliphatic carbocycles. The summed E-state index contributed by atoms with van der Waals surface area (Å²) >= 11 is 0. The van der Waals surface area contributed by atoms with Crippen LogP contribution in [0.4, 0.5) is 0 Å². The summed E-state index contributed by atoms with van der Waals surface area (Å²) in [5, 5.41) is 0. The van der Waals surface area contributed by atoms with Crippen molar-refractivity contribution >= 4 is 17.7 Å². The van der Waals surface area contributed by atoms with Crippen LogP contribution in [-0.2, 0) is 35.2 Å². The van der Waals surface area contributed by atoms with E-state index in [0.29, 0.717) is 11.5 Å². The molecule has 0 bridgehead atoms. The SMILES string of the molecule is CCOC(=O)C(=CC(=O)COCc1cc(OC)cc(OC)c1)C(=O)OCC. The van der Waals surface area contributed by atoms with E-state index in [1.54, 1.807) is 32.0 Å². The van der Waals surface area contributed by atoms with Gasteiger partial charge in [0.05, 0.1) is 34.0 Å². The summed E-state index contributed by atoms with van der Waals surface area (Å²) in [6.07, 6.45) is 0.877. The third-order valence-corrected chi connectivity index (χ3v) is 3.22. The Bertz CT molecular complexity index is 651. The summed E-state index contributed by atoms with van der Waals surface area (Å²) < 4.78 is 25.2. The van der Waals surface area contributed by atoms with Crippen molar-refractivity contribution in [1.29, 1.82) is 0 Å². The molecule has 0 aromatic heterocycles. The molecule has 0 heterocycles. The van der Waals surface area contributed by atoms with Crippen LogP contribution in [0.5, 0.6) is 11.5 Å². The minimum atomic E-state index is -0.915. The van der Waals surface area contributed by atoms with Crippen LogP contribution in [-0.4, -0.2) is 51.8 Å². The van der Waals surface area contributed by atoms with E-state index in [1.807, 2.05) is 0 Å². The highest BCUT2D eigenvalue weighted by molar-refractivity contribution is 6.18. The highest BCUT2D eigenvalue weighted by Crippen LogP contribution is 2.22. The van der Waals surface area contributed by atoms with Crippen LogP contribution >= 0.6 is 0 Å². The predicted octanol–water partition coefficient (Wildman–Crippen LogP) is 1.84. The van der Waals surface area contributed by atoms with E-state index in [-0.39, 0.29) is 26.4 Å². The first-order valence-corrected chi connectivity index (χ1v) is 8.33. The van der Waals surface area contributed by atoms with E-state index in [0.717, 1.165) is 11.6 Å². The third-order valence-electron chi connectivity index (χ3n) is 3.22. The minimum Gasteiger partial charge on any atom is -0.497 e. The van der Waals surface area contributed by atoms with E-state index >= 15 is 0 Å². The molecule has 0 amide bonds. The molecule has 0 spiro atoms. The number of carbonyl (C=O) groups excluding carboxylic acids is 3. The smallest absolute Gasteiger partial charge is 0.345 e. The molecule has 1 aromatic rings. The normalized spacial score (nSPS) is 9.93. The molecule has 0 aliphatic heterocycles. The van der Waals surface area contributed by atoms with Crippen LogP contribution < -0.4 is 9.47 Å². The van der Waals surface area contributed by atoms with Crippen LogP contribution in [0.3, 0.4) is 0 Å². The summed E-state index contributed by atoms with van der Waals surface area (Å²) in [5.41, 5.74) is 0.273. The molecule has 0 unspecified atom stereocenters. The molecule has 0 fully saturated rings. The second-order valence-corrected chi connectivity index (χ2v) is 5.18. The molecule has 0 atom stereocenters. The summed E-state index contributed by atoms with van der Waals surface area (Å²) in [5.74, 6) is -1.22. The van der Waals surface area contributed by atoms with Crippen LogP contribution in [0.2, 0.25) is 0 Å². The van der Waals surface area contributed by atoms with Crippen molar-refractivity contribution in [3.05, 3.63) is 35.4 Å². The lowest BCUT2D eigenvalue weighted by atomic mass is 10.2. The maximum Gasteiger partial charge on any atom is 0.345 e. The van der Waals surface area contributed by atoms with Crippen LogP contribution in [0, 0.1) is 0 Å². The summed E-state index contributed by atoms with van der Waals surface area (Å²) in [7, 11) is 3.06. The first kappa shape index (κ1) is 22.2. The number of esters is 2. The van der Waals surface area contributed by atoms with Crippen molar-refractivity contribution in [3.8, 4) is 11.5 Å². The standard InChI is InChI=1S/C19H24O8/c1-5-26-18(21)17(19(22)27-6-2)9-14(20)12-25-11-13-7-15(23-3)10-16(8-13)24-4/h7-10H,5-6,11-12H2,1-4H3. The highest BCUT2D eigenvalue weighted by atomic mass is 16.6. The van der Waals surface area contributed by atoms with Gasteiger partial charge >= 0.3 is 11.9 Å². The monoisotopic (exact) mass is 380 g/mol. The summed E-state index contributed by atoms with van der Waals surface area (Å²) in [4.78, 5) is 35.7. The fraction of sp³-hybridized carbons (Fsp3) is 0.421. The predicted molar refractivity (Wildman–Crippen MR) is 95.6 cm³/mol. The number of rotatable bonds is 11. The van der Waals surface area contributed by atoms with E-state index in [4.69, 9.17) is 23.7 Å². The number of benzene rings is 1. The fourth-order valence-corrected chi connectivity index (χ4v) is 2.04. The van der Waals surface area contributed by atoms with Gasteiger partial charge in [0.1, 0.15) is 23.7 Å². The Labute approximate surface area is 158 Å². The Hall–Kier alpha value is -2.87. The van der Waals surface area contributed by atoms with Crippen molar-refractivity contribution in [2.75, 3.05) is 34.0 Å². The van der Waals surface area contributed by atoms with E-state index in [1.165, 1.54) is 14.2 Å². The van der Waals surface area contributed by atoms with E-state index < -0.39 is 23.3 Å². The van der Waals surface area contributed by atoms with Gasteiger partial charge in [-0.2, -0.15) is 0 Å². The highest BCUT2D eigenvalue weighted by Gasteiger charge is 2.22. The van der Waals surface area contributed by atoms with Gasteiger partial charge in [0, 0.05) is 12.1 Å². The molecule has 8 nitrogen and oxygen atoms in total. The average Bonchev–Trinajstić information content (AvgIpc) is 2.66. The molecule has 148 valence electrons. The lowest BCUT2D eigenvalue weighted by Gasteiger charge is -2.09. The molecule has 0 aliphatic rings. The number of ketones is 1. The number of ether oxygens (including phenoxy) is 5. The zero-order chi connectivity index (χ0) is 20.2. The summed E-state index contributed by atoms with van der Waals surface area (Å²) in [6.45, 7) is 3.10. The molecular weight excluding hydrogens is 356 g/mol. The number of carbonyl (C=O) groups is 3. The molecule has 27 heavy (non-hydrogen) atoms. The van der Waals surface area contributed by atoms with Gasteiger partial charge in [-0.1, -0.05) is 0 Å². The van der Waals surface area contributed by atoms with Crippen molar-refractivity contribution in [2.24, 2.45) is 0 Å². The second kappa shape index (κ2) is 11.7. The van der Waals surface area contributed by atoms with Crippen molar-refractivity contribution < 1.29 is 38.1 Å². The molecular formula is C19H24O8. The molecule has 0 saturated heterocycles. The molecule has 1 rings (SSSR count). The Morgan fingerprint density at radius 3 is 1.85 bits per heavy atom. The topological polar surface area (TPSA) is 97.4 Å². The summed E-state index contributed by atoms with van der Waals surface area (Å²) in [6, 6.07) is 5.19. The van der Waals surface area contributed by atoms with Gasteiger partial charge in [-0.25, -0.2) is 9.59 Å². The zero-order valence-electron chi connectivity index (χ0n) is 15.9. The van der Waals surface area contributed by atoms with Crippen molar-refractivity contribution in [3.63, 3.8) is 0 Å². The van der Waals surface area contributed by atoms with Gasteiger partial charge in [-0.3, -0.25) is 4.79 Å². The van der Waals surface area contributed by atoms with Gasteiger partial charge in [-0.05, 0) is 31.5 Å². The lowest BCUT2D eigenvalue weighted by Crippen LogP contribution is -2.20.